The first-order valence-electron chi connectivity index (χ1n) is 9.67. The van der Waals surface area contributed by atoms with Gasteiger partial charge in [-0.1, -0.05) is 12.1 Å². The van der Waals surface area contributed by atoms with Crippen molar-refractivity contribution in [3.8, 4) is 5.75 Å². The SMILES string of the molecule is COc1ccc2nc(N3CCN(C(=O)Nc4ccccc4C(=O)N=O)CC3)cnc2c1. The highest BCUT2D eigenvalue weighted by Gasteiger charge is 2.23. The van der Waals surface area contributed by atoms with Crippen LogP contribution in [0.1, 0.15) is 10.4 Å². The van der Waals surface area contributed by atoms with Crippen molar-refractivity contribution in [2.75, 3.05) is 43.5 Å². The van der Waals surface area contributed by atoms with E-state index in [-0.39, 0.29) is 17.3 Å². The van der Waals surface area contributed by atoms with Crippen LogP contribution in [0.25, 0.3) is 11.0 Å². The summed E-state index contributed by atoms with van der Waals surface area (Å²) in [7, 11) is 1.61. The molecule has 1 N–H and O–H groups in total. The van der Waals surface area contributed by atoms with Gasteiger partial charge in [-0.05, 0) is 24.3 Å². The second-order valence-electron chi connectivity index (χ2n) is 6.93. The van der Waals surface area contributed by atoms with Gasteiger partial charge in [0.1, 0.15) is 11.6 Å². The molecule has 0 unspecified atom stereocenters. The predicted octanol–water partition coefficient (Wildman–Crippen LogP) is 2.90. The fourth-order valence-corrected chi connectivity index (χ4v) is 3.42. The van der Waals surface area contributed by atoms with Gasteiger partial charge in [-0.15, -0.1) is 4.91 Å². The number of carbonyl (C=O) groups excluding carboxylic acids is 2. The van der Waals surface area contributed by atoms with E-state index in [1.54, 1.807) is 36.4 Å². The average Bonchev–Trinajstić information content (AvgIpc) is 2.83. The Balaban J connectivity index is 1.41. The number of benzene rings is 2. The minimum absolute atomic E-state index is 0.0626. The molecular formula is C21H20N6O4. The number of para-hydroxylation sites is 1. The highest BCUT2D eigenvalue weighted by molar-refractivity contribution is 6.03. The largest absolute Gasteiger partial charge is 0.497 e. The van der Waals surface area contributed by atoms with Gasteiger partial charge in [-0.3, -0.25) is 9.78 Å². The third kappa shape index (κ3) is 4.27. The van der Waals surface area contributed by atoms with E-state index in [1.165, 1.54) is 6.07 Å². The molecule has 3 aromatic rings. The van der Waals surface area contributed by atoms with Crippen molar-refractivity contribution in [1.29, 1.82) is 0 Å². The first-order valence-corrected chi connectivity index (χ1v) is 9.67. The van der Waals surface area contributed by atoms with Gasteiger partial charge >= 0.3 is 11.9 Å². The van der Waals surface area contributed by atoms with Crippen molar-refractivity contribution in [3.05, 3.63) is 59.1 Å². The van der Waals surface area contributed by atoms with Gasteiger partial charge in [0.15, 0.2) is 0 Å². The number of anilines is 2. The molecule has 0 saturated carbocycles. The smallest absolute Gasteiger partial charge is 0.321 e. The number of rotatable bonds is 4. The van der Waals surface area contributed by atoms with Crippen LogP contribution >= 0.6 is 0 Å². The average molecular weight is 420 g/mol. The zero-order chi connectivity index (χ0) is 21.8. The Morgan fingerprint density at radius 2 is 1.84 bits per heavy atom. The molecular weight excluding hydrogens is 400 g/mol. The van der Waals surface area contributed by atoms with Crippen LogP contribution in [0.4, 0.5) is 16.3 Å². The van der Waals surface area contributed by atoms with E-state index in [0.29, 0.717) is 26.2 Å². The molecule has 31 heavy (non-hydrogen) atoms. The number of aromatic nitrogens is 2. The van der Waals surface area contributed by atoms with Gasteiger partial charge in [0.05, 0.1) is 35.6 Å². The summed E-state index contributed by atoms with van der Waals surface area (Å²) in [5, 5.41) is 5.13. The molecule has 2 heterocycles. The maximum absolute atomic E-state index is 12.6. The molecule has 10 nitrogen and oxygen atoms in total. The van der Waals surface area contributed by atoms with E-state index in [9.17, 15) is 14.5 Å². The normalized spacial score (nSPS) is 13.7. The van der Waals surface area contributed by atoms with Crippen LogP contribution in [0.3, 0.4) is 0 Å². The minimum Gasteiger partial charge on any atom is -0.497 e. The first-order chi connectivity index (χ1) is 15.1. The summed E-state index contributed by atoms with van der Waals surface area (Å²) in [5.74, 6) is 0.542. The molecule has 3 amide bonds. The standard InChI is InChI=1S/C21H20N6O4/c1-31-14-6-7-17-18(12-14)22-13-19(23-17)26-8-10-27(11-9-26)21(29)24-16-5-3-2-4-15(16)20(28)25-30/h2-7,12-13H,8-11H2,1H3,(H,24,29). The summed E-state index contributed by atoms with van der Waals surface area (Å²) in [4.78, 5) is 47.7. The lowest BCUT2D eigenvalue weighted by atomic mass is 10.1. The Hall–Kier alpha value is -4.08. The summed E-state index contributed by atoms with van der Waals surface area (Å²) in [6.07, 6.45) is 1.71. The minimum atomic E-state index is -0.923. The Labute approximate surface area is 177 Å². The molecule has 1 aliphatic rings. The van der Waals surface area contributed by atoms with E-state index in [1.807, 2.05) is 18.2 Å². The van der Waals surface area contributed by atoms with Crippen LogP contribution in [-0.2, 0) is 0 Å². The molecule has 1 aromatic heterocycles. The number of hydrogen-bond acceptors (Lipinski definition) is 7. The fraction of sp³-hybridized carbons (Fsp3) is 0.238. The summed E-state index contributed by atoms with van der Waals surface area (Å²) >= 11 is 0. The second kappa shape index (κ2) is 8.74. The Kier molecular flexibility index (Phi) is 5.69. The Bertz CT molecular complexity index is 1140. The van der Waals surface area contributed by atoms with Crippen LogP contribution < -0.4 is 15.0 Å². The Morgan fingerprint density at radius 3 is 2.58 bits per heavy atom. The van der Waals surface area contributed by atoms with E-state index in [4.69, 9.17) is 4.74 Å². The molecule has 0 aliphatic carbocycles. The van der Waals surface area contributed by atoms with Crippen LogP contribution in [-0.4, -0.2) is 60.1 Å². The zero-order valence-corrected chi connectivity index (χ0v) is 16.8. The summed E-state index contributed by atoms with van der Waals surface area (Å²) in [6.45, 7) is 2.10. The van der Waals surface area contributed by atoms with Crippen molar-refractivity contribution < 1.29 is 14.3 Å². The Morgan fingerprint density at radius 1 is 1.06 bits per heavy atom. The van der Waals surface area contributed by atoms with Crippen molar-refractivity contribution >= 4 is 34.5 Å². The molecule has 10 heteroatoms. The van der Waals surface area contributed by atoms with E-state index < -0.39 is 5.91 Å². The predicted molar refractivity (Wildman–Crippen MR) is 115 cm³/mol. The van der Waals surface area contributed by atoms with E-state index in [2.05, 4.69) is 25.4 Å². The number of nitrogens with one attached hydrogen (secondary N) is 1. The maximum atomic E-state index is 12.6. The molecule has 1 aliphatic heterocycles. The van der Waals surface area contributed by atoms with Crippen LogP contribution in [0.15, 0.2) is 53.8 Å². The lowest BCUT2D eigenvalue weighted by Gasteiger charge is -2.35. The second-order valence-corrected chi connectivity index (χ2v) is 6.93. The quantitative estimate of drug-likeness (QED) is 0.645. The molecule has 0 bridgehead atoms. The molecule has 1 fully saturated rings. The number of nitrogens with zero attached hydrogens (tertiary/aromatic N) is 5. The number of carbonyl (C=O) groups is 2. The molecule has 0 spiro atoms. The van der Waals surface area contributed by atoms with Crippen LogP contribution in [0.2, 0.25) is 0 Å². The first kappa shape index (κ1) is 20.2. The fourth-order valence-electron chi connectivity index (χ4n) is 3.42. The molecule has 0 radical (unpaired) electrons. The number of fused-ring (bicyclic) bond motifs is 1. The van der Waals surface area contributed by atoms with Gasteiger partial charge in [-0.2, -0.15) is 0 Å². The van der Waals surface area contributed by atoms with Gasteiger partial charge in [0.2, 0.25) is 0 Å². The van der Waals surface area contributed by atoms with Crippen molar-refractivity contribution in [3.63, 3.8) is 0 Å². The summed E-state index contributed by atoms with van der Waals surface area (Å²) < 4.78 is 5.21. The molecule has 0 atom stereocenters. The van der Waals surface area contributed by atoms with Gasteiger partial charge in [0, 0.05) is 37.4 Å². The summed E-state index contributed by atoms with van der Waals surface area (Å²) in [5.41, 5.74) is 1.84. The highest BCUT2D eigenvalue weighted by Crippen LogP contribution is 2.22. The number of ether oxygens (including phenoxy) is 1. The van der Waals surface area contributed by atoms with Gasteiger partial charge in [0.25, 0.3) is 0 Å². The summed E-state index contributed by atoms with van der Waals surface area (Å²) in [6, 6.07) is 11.5. The van der Waals surface area contributed by atoms with E-state index >= 15 is 0 Å². The van der Waals surface area contributed by atoms with E-state index in [0.717, 1.165) is 22.6 Å². The lowest BCUT2D eigenvalue weighted by Crippen LogP contribution is -2.50. The number of urea groups is 1. The lowest BCUT2D eigenvalue weighted by molar-refractivity contribution is 0.100. The molecule has 4 rings (SSSR count). The highest BCUT2D eigenvalue weighted by atomic mass is 16.5. The number of amides is 3. The van der Waals surface area contributed by atoms with Gasteiger partial charge in [-0.25, -0.2) is 9.78 Å². The number of nitroso groups, excluding NO2 is 1. The van der Waals surface area contributed by atoms with Crippen molar-refractivity contribution in [2.45, 2.75) is 0 Å². The van der Waals surface area contributed by atoms with Crippen molar-refractivity contribution in [1.82, 2.24) is 14.9 Å². The monoisotopic (exact) mass is 420 g/mol. The number of hydrogen-bond donors (Lipinski definition) is 1. The van der Waals surface area contributed by atoms with Crippen molar-refractivity contribution in [2.24, 2.45) is 5.18 Å². The third-order valence-electron chi connectivity index (χ3n) is 5.11. The van der Waals surface area contributed by atoms with Crippen LogP contribution in [0.5, 0.6) is 5.75 Å². The zero-order valence-electron chi connectivity index (χ0n) is 16.8. The molecule has 158 valence electrons. The number of methoxy groups -OCH3 is 1. The number of piperazine rings is 1. The third-order valence-corrected chi connectivity index (χ3v) is 5.11. The van der Waals surface area contributed by atoms with Crippen LogP contribution in [0, 0.1) is 4.91 Å². The topological polar surface area (TPSA) is 117 Å². The maximum Gasteiger partial charge on any atom is 0.321 e. The van der Waals surface area contributed by atoms with Gasteiger partial charge < -0.3 is 19.9 Å². The molecule has 2 aromatic carbocycles. The molecule has 1 saturated heterocycles.